The van der Waals surface area contributed by atoms with E-state index in [1.54, 1.807) is 6.33 Å². The topological polar surface area (TPSA) is 63.0 Å². The molecule has 0 aliphatic heterocycles. The molecule has 1 heterocycles. The van der Waals surface area contributed by atoms with Crippen LogP contribution in [-0.2, 0) is 13.1 Å². The van der Waals surface area contributed by atoms with Crippen molar-refractivity contribution in [3.05, 3.63) is 12.2 Å². The molecule has 0 bridgehead atoms. The molecule has 1 aromatic heterocycles. The Hall–Kier alpha value is -0.940. The summed E-state index contributed by atoms with van der Waals surface area (Å²) in [5, 5.41) is 16.6. The monoisotopic (exact) mass is 212 g/mol. The summed E-state index contributed by atoms with van der Waals surface area (Å²) in [6.07, 6.45) is 2.44. The lowest BCUT2D eigenvalue weighted by Gasteiger charge is -2.27. The Morgan fingerprint density at radius 1 is 1.53 bits per heavy atom. The van der Waals surface area contributed by atoms with Crippen LogP contribution in [0.25, 0.3) is 0 Å². The van der Waals surface area contributed by atoms with Gasteiger partial charge in [-0.1, -0.05) is 6.92 Å². The minimum absolute atomic E-state index is 0.129. The second-order valence-electron chi connectivity index (χ2n) is 3.92. The molecule has 0 spiro atoms. The molecule has 5 heteroatoms. The van der Waals surface area contributed by atoms with E-state index in [4.69, 9.17) is 0 Å². The number of aromatic nitrogens is 3. The lowest BCUT2D eigenvalue weighted by Crippen LogP contribution is -2.45. The number of hydrogen-bond donors (Lipinski definition) is 2. The first-order valence-electron chi connectivity index (χ1n) is 5.37. The van der Waals surface area contributed by atoms with Crippen molar-refractivity contribution in [1.82, 2.24) is 20.1 Å². The summed E-state index contributed by atoms with van der Waals surface area (Å²) in [6.45, 7) is 7.66. The third kappa shape index (κ3) is 3.00. The van der Waals surface area contributed by atoms with Crippen molar-refractivity contribution in [2.24, 2.45) is 0 Å². The van der Waals surface area contributed by atoms with Gasteiger partial charge in [0.05, 0.1) is 13.2 Å². The zero-order valence-electron chi connectivity index (χ0n) is 9.69. The highest BCUT2D eigenvalue weighted by atomic mass is 16.3. The Morgan fingerprint density at radius 2 is 2.27 bits per heavy atom. The van der Waals surface area contributed by atoms with E-state index in [0.29, 0.717) is 6.54 Å². The van der Waals surface area contributed by atoms with Gasteiger partial charge in [0, 0.05) is 12.1 Å². The van der Waals surface area contributed by atoms with Gasteiger partial charge in [-0.05, 0) is 20.3 Å². The summed E-state index contributed by atoms with van der Waals surface area (Å²) in [6, 6.07) is 0. The van der Waals surface area contributed by atoms with Crippen LogP contribution in [0.3, 0.4) is 0 Å². The number of aliphatic hydroxyl groups is 1. The zero-order valence-corrected chi connectivity index (χ0v) is 9.69. The summed E-state index contributed by atoms with van der Waals surface area (Å²) < 4.78 is 1.85. The molecule has 0 aromatic carbocycles. The molecule has 1 unspecified atom stereocenters. The summed E-state index contributed by atoms with van der Waals surface area (Å²) >= 11 is 0. The maximum Gasteiger partial charge on any atom is 0.140 e. The van der Waals surface area contributed by atoms with Crippen LogP contribution in [0, 0.1) is 0 Å². The summed E-state index contributed by atoms with van der Waals surface area (Å²) in [4.78, 5) is 4.17. The van der Waals surface area contributed by atoms with E-state index in [1.807, 2.05) is 25.5 Å². The largest absolute Gasteiger partial charge is 0.394 e. The smallest absolute Gasteiger partial charge is 0.140 e. The number of aryl methyl sites for hydroxylation is 1. The summed E-state index contributed by atoms with van der Waals surface area (Å²) in [5.74, 6) is 0.908. The fourth-order valence-corrected chi connectivity index (χ4v) is 1.27. The van der Waals surface area contributed by atoms with Crippen molar-refractivity contribution in [2.45, 2.75) is 45.8 Å². The van der Waals surface area contributed by atoms with Gasteiger partial charge >= 0.3 is 0 Å². The number of nitrogens with zero attached hydrogens (tertiary/aromatic N) is 3. The third-order valence-electron chi connectivity index (χ3n) is 2.80. The lowest BCUT2D eigenvalue weighted by molar-refractivity contribution is 0.167. The number of aliphatic hydroxyl groups excluding tert-OH is 1. The van der Waals surface area contributed by atoms with Crippen molar-refractivity contribution in [3.8, 4) is 0 Å². The van der Waals surface area contributed by atoms with Gasteiger partial charge in [0.1, 0.15) is 12.2 Å². The van der Waals surface area contributed by atoms with Gasteiger partial charge in [-0.15, -0.1) is 0 Å². The molecule has 0 radical (unpaired) electrons. The van der Waals surface area contributed by atoms with Crippen molar-refractivity contribution in [1.29, 1.82) is 0 Å². The molecule has 0 aliphatic carbocycles. The molecular formula is C10H20N4O. The van der Waals surface area contributed by atoms with Crippen LogP contribution in [0.15, 0.2) is 6.33 Å². The number of nitrogens with one attached hydrogen (secondary N) is 1. The maximum atomic E-state index is 9.24. The van der Waals surface area contributed by atoms with Crippen LogP contribution in [0.5, 0.6) is 0 Å². The van der Waals surface area contributed by atoms with Gasteiger partial charge in [-0.25, -0.2) is 9.67 Å². The van der Waals surface area contributed by atoms with Crippen molar-refractivity contribution in [3.63, 3.8) is 0 Å². The highest BCUT2D eigenvalue weighted by Gasteiger charge is 2.20. The first-order valence-corrected chi connectivity index (χ1v) is 5.37. The van der Waals surface area contributed by atoms with Gasteiger partial charge < -0.3 is 10.4 Å². The standard InChI is InChI=1S/C10H20N4O/c1-4-10(3,7-15)12-6-9-11-8-13-14(9)5-2/h8,12,15H,4-7H2,1-3H3. The Morgan fingerprint density at radius 3 is 2.80 bits per heavy atom. The van der Waals surface area contributed by atoms with E-state index in [-0.39, 0.29) is 12.1 Å². The van der Waals surface area contributed by atoms with Crippen LogP contribution in [0.2, 0.25) is 0 Å². The van der Waals surface area contributed by atoms with Gasteiger partial charge in [0.15, 0.2) is 0 Å². The second kappa shape index (κ2) is 5.23. The molecule has 0 saturated heterocycles. The normalized spacial score (nSPS) is 15.2. The first-order chi connectivity index (χ1) is 7.15. The number of hydrogen-bond acceptors (Lipinski definition) is 4. The molecule has 0 aliphatic rings. The van der Waals surface area contributed by atoms with Crippen LogP contribution >= 0.6 is 0 Å². The first kappa shape index (κ1) is 12.1. The van der Waals surface area contributed by atoms with Gasteiger partial charge in [-0.2, -0.15) is 5.10 Å². The average Bonchev–Trinajstić information content (AvgIpc) is 2.73. The van der Waals surface area contributed by atoms with E-state index in [0.717, 1.165) is 18.8 Å². The van der Waals surface area contributed by atoms with Crippen LogP contribution in [0.4, 0.5) is 0 Å². The van der Waals surface area contributed by atoms with E-state index in [9.17, 15) is 5.11 Å². The Labute approximate surface area is 90.5 Å². The molecule has 0 fully saturated rings. The molecule has 2 N–H and O–H groups in total. The second-order valence-corrected chi connectivity index (χ2v) is 3.92. The molecule has 5 nitrogen and oxygen atoms in total. The highest BCUT2D eigenvalue weighted by Crippen LogP contribution is 2.08. The van der Waals surface area contributed by atoms with E-state index in [1.165, 1.54) is 0 Å². The van der Waals surface area contributed by atoms with Gasteiger partial charge in [0.2, 0.25) is 0 Å². The predicted octanol–water partition coefficient (Wildman–Crippen LogP) is 0.549. The molecule has 1 atom stereocenters. The molecule has 86 valence electrons. The Kier molecular flexibility index (Phi) is 4.23. The Bertz CT molecular complexity index is 293. The maximum absolute atomic E-state index is 9.24. The predicted molar refractivity (Wildman–Crippen MR) is 58.3 cm³/mol. The van der Waals surface area contributed by atoms with Crippen molar-refractivity contribution >= 4 is 0 Å². The van der Waals surface area contributed by atoms with Crippen LogP contribution < -0.4 is 5.32 Å². The summed E-state index contributed by atoms with van der Waals surface area (Å²) in [5.41, 5.74) is -0.232. The van der Waals surface area contributed by atoms with E-state index < -0.39 is 0 Å². The van der Waals surface area contributed by atoms with Crippen molar-refractivity contribution < 1.29 is 5.11 Å². The Balaban J connectivity index is 2.56. The van der Waals surface area contributed by atoms with E-state index in [2.05, 4.69) is 15.4 Å². The average molecular weight is 212 g/mol. The fourth-order valence-electron chi connectivity index (χ4n) is 1.27. The number of rotatable bonds is 6. The molecule has 0 amide bonds. The van der Waals surface area contributed by atoms with Gasteiger partial charge in [0.25, 0.3) is 0 Å². The third-order valence-corrected chi connectivity index (χ3v) is 2.80. The lowest BCUT2D eigenvalue weighted by atomic mass is 10.0. The molecule has 1 aromatic rings. The zero-order chi connectivity index (χ0) is 11.3. The minimum atomic E-state index is -0.232. The molecule has 15 heavy (non-hydrogen) atoms. The minimum Gasteiger partial charge on any atom is -0.394 e. The van der Waals surface area contributed by atoms with E-state index >= 15 is 0 Å². The summed E-state index contributed by atoms with van der Waals surface area (Å²) in [7, 11) is 0. The fraction of sp³-hybridized carbons (Fsp3) is 0.800. The van der Waals surface area contributed by atoms with Crippen LogP contribution in [-0.4, -0.2) is 32.0 Å². The van der Waals surface area contributed by atoms with Crippen LogP contribution in [0.1, 0.15) is 33.0 Å². The highest BCUT2D eigenvalue weighted by molar-refractivity contribution is 4.88. The quantitative estimate of drug-likeness (QED) is 0.723. The van der Waals surface area contributed by atoms with Crippen molar-refractivity contribution in [2.75, 3.05) is 6.61 Å². The molecular weight excluding hydrogens is 192 g/mol. The SMILES string of the molecule is CCn1ncnc1CNC(C)(CC)CO. The molecule has 1 rings (SSSR count). The molecule has 0 saturated carbocycles. The van der Waals surface area contributed by atoms with Gasteiger partial charge in [-0.3, -0.25) is 0 Å².